The van der Waals surface area contributed by atoms with Gasteiger partial charge in [0.15, 0.2) is 0 Å². The van der Waals surface area contributed by atoms with Gasteiger partial charge in [0.05, 0.1) is 7.05 Å². The Morgan fingerprint density at radius 2 is 1.69 bits per heavy atom. The van der Waals surface area contributed by atoms with E-state index in [9.17, 15) is 35.2 Å². The maximum Gasteiger partial charge on any atom is 0.673 e. The zero-order valence-electron chi connectivity index (χ0n) is 15.9. The van der Waals surface area contributed by atoms with Crippen molar-refractivity contribution in [3.63, 3.8) is 0 Å². The van der Waals surface area contributed by atoms with Gasteiger partial charge in [-0.15, -0.1) is 0 Å². The van der Waals surface area contributed by atoms with E-state index in [0.717, 1.165) is 0 Å². The van der Waals surface area contributed by atoms with Crippen molar-refractivity contribution in [2.45, 2.75) is 39.0 Å². The van der Waals surface area contributed by atoms with Crippen molar-refractivity contribution < 1.29 is 54.4 Å². The molecule has 1 aromatic rings. The molecule has 0 radical (unpaired) electrons. The molecule has 0 bridgehead atoms. The van der Waals surface area contributed by atoms with Crippen molar-refractivity contribution in [1.82, 2.24) is 4.57 Å². The van der Waals surface area contributed by atoms with Gasteiger partial charge in [-0.2, -0.15) is 13.2 Å². The van der Waals surface area contributed by atoms with Crippen molar-refractivity contribution in [3.8, 4) is 0 Å². The number of nitrogens with two attached hydrogens (primary N) is 1. The minimum absolute atomic E-state index is 0.310. The van der Waals surface area contributed by atoms with E-state index >= 15 is 0 Å². The average Bonchev–Trinajstić information content (AvgIpc) is 2.89. The van der Waals surface area contributed by atoms with Gasteiger partial charge in [0.2, 0.25) is 6.33 Å². The molecule has 1 rings (SSSR count). The zero-order chi connectivity index (χ0) is 23.4. The summed E-state index contributed by atoms with van der Waals surface area (Å²) in [6.07, 6.45) is 1.38. The van der Waals surface area contributed by atoms with Gasteiger partial charge < -0.3 is 32.8 Å². The fourth-order valence-electron chi connectivity index (χ4n) is 1.60. The molecule has 0 aliphatic carbocycles. The number of halogens is 7. The highest BCUT2D eigenvalue weighted by atomic mass is 19.5. The predicted octanol–water partition coefficient (Wildman–Crippen LogP) is 2.16. The number of aliphatic carboxylic acids is 1. The van der Waals surface area contributed by atoms with Crippen LogP contribution in [0.1, 0.15) is 20.3 Å². The molecular weight excluding hydrogens is 418 g/mol. The highest BCUT2D eigenvalue weighted by molar-refractivity contribution is 6.50. The maximum atomic E-state index is 11.5. The summed E-state index contributed by atoms with van der Waals surface area (Å²) in [6, 6.07) is -0.504. The molecule has 0 spiro atoms. The summed E-state index contributed by atoms with van der Waals surface area (Å²) in [4.78, 5) is 20.4. The zero-order valence-corrected chi connectivity index (χ0v) is 15.9. The van der Waals surface area contributed by atoms with Gasteiger partial charge in [0, 0.05) is 0 Å². The smallest absolute Gasteiger partial charge is 0.475 e. The summed E-state index contributed by atoms with van der Waals surface area (Å²) in [5.74, 6) is -2.66. The summed E-state index contributed by atoms with van der Waals surface area (Å²) in [5, 5.41) is 7.12. The number of rotatable bonds is 6. The minimum atomic E-state index is -6.00. The lowest BCUT2D eigenvalue weighted by Gasteiger charge is -2.12. The normalized spacial score (nSPS) is 12.3. The number of carboxylic acid groups (broad SMARTS) is 1. The average molecular weight is 441 g/mol. The second kappa shape index (κ2) is 13.0. The van der Waals surface area contributed by atoms with Crippen molar-refractivity contribution in [3.05, 3.63) is 18.7 Å². The number of carbonyl (C=O) groups excluding carboxylic acids is 1. The topological polar surface area (TPSA) is 98.4 Å². The number of carboxylic acids is 1. The number of hydrogen-bond donors (Lipinski definition) is 2. The highest BCUT2D eigenvalue weighted by Crippen LogP contribution is 2.13. The Morgan fingerprint density at radius 3 is 2.00 bits per heavy atom. The number of nitrogens with zero attached hydrogens (tertiary/aromatic N) is 2. The Kier molecular flexibility index (Phi) is 13.0. The van der Waals surface area contributed by atoms with E-state index in [1.165, 1.54) is 0 Å². The quantitative estimate of drug-likeness (QED) is 0.305. The molecule has 7 nitrogen and oxygen atoms in total. The molecule has 1 aromatic heterocycles. The summed E-state index contributed by atoms with van der Waals surface area (Å²) in [5.41, 5.74) is 5.72. The first-order valence-corrected chi connectivity index (χ1v) is 8.04. The van der Waals surface area contributed by atoms with Crippen LogP contribution >= 0.6 is 0 Å². The third-order valence-corrected chi connectivity index (χ3v) is 2.69. The molecule has 0 unspecified atom stereocenters. The van der Waals surface area contributed by atoms with Gasteiger partial charge in [0.1, 0.15) is 31.6 Å². The number of esters is 1. The fourth-order valence-corrected chi connectivity index (χ4v) is 1.60. The molecule has 1 heterocycles. The van der Waals surface area contributed by atoms with E-state index in [1.807, 2.05) is 48.8 Å². The number of aryl methyl sites for hydroxylation is 1. The lowest BCUT2D eigenvalue weighted by atomic mass is 10.1. The summed E-state index contributed by atoms with van der Waals surface area (Å²) in [7, 11) is -4.05. The first kappa shape index (κ1) is 28.9. The molecule has 170 valence electrons. The van der Waals surface area contributed by atoms with Gasteiger partial charge in [0.25, 0.3) is 0 Å². The Labute approximate surface area is 162 Å². The van der Waals surface area contributed by atoms with E-state index < -0.39 is 25.4 Å². The Morgan fingerprint density at radius 1 is 1.24 bits per heavy atom. The van der Waals surface area contributed by atoms with Crippen LogP contribution in [0.5, 0.6) is 0 Å². The Hall–Kier alpha value is -2.32. The van der Waals surface area contributed by atoms with Crippen molar-refractivity contribution >= 4 is 19.2 Å². The number of alkyl halides is 3. The van der Waals surface area contributed by atoms with Crippen LogP contribution in [0.4, 0.5) is 30.4 Å². The summed E-state index contributed by atoms with van der Waals surface area (Å²) < 4.78 is 79.8. The van der Waals surface area contributed by atoms with Gasteiger partial charge in [-0.1, -0.05) is 13.8 Å². The standard InChI is InChI=1S/C12H22N3O2.C2HF3O2.BF4/c1-10(2)8-11(13)12(16)17-7-6-15-5-4-14(3)9-15;3-2(4,5)1(6)7;2-1(3,4)5/h4-5,9-11H,6-8,13H2,1-3H3;(H,6,7);/q+1;;-1/t11-;;/m0../s1. The SMILES string of the molecule is CC(C)C[C@H](N)C(=O)OCCn1cc[n+](C)c1.F[B-](F)(F)F.O=C(O)C(F)(F)F. The largest absolute Gasteiger partial charge is 0.673 e. The van der Waals surface area contributed by atoms with E-state index in [1.54, 1.807) is 0 Å². The minimum Gasteiger partial charge on any atom is -0.475 e. The molecule has 3 N–H and O–H groups in total. The maximum absolute atomic E-state index is 11.5. The van der Waals surface area contributed by atoms with Crippen LogP contribution in [0.15, 0.2) is 18.7 Å². The van der Waals surface area contributed by atoms with Gasteiger partial charge in [-0.3, -0.25) is 4.79 Å². The molecule has 0 aliphatic heterocycles. The van der Waals surface area contributed by atoms with Crippen molar-refractivity contribution in [2.75, 3.05) is 6.61 Å². The molecule has 0 amide bonds. The molecule has 29 heavy (non-hydrogen) atoms. The number of imidazole rings is 1. The third kappa shape index (κ3) is 20.2. The Balaban J connectivity index is 0. The number of aromatic nitrogens is 2. The van der Waals surface area contributed by atoms with E-state index in [-0.39, 0.29) is 5.97 Å². The first-order chi connectivity index (χ1) is 12.9. The molecule has 0 saturated heterocycles. The molecule has 0 fully saturated rings. The van der Waals surface area contributed by atoms with Crippen LogP contribution < -0.4 is 10.3 Å². The molecule has 0 saturated carbocycles. The Bertz CT molecular complexity index is 615. The number of hydrogen-bond acceptors (Lipinski definition) is 4. The van der Waals surface area contributed by atoms with Crippen LogP contribution in [-0.2, 0) is 27.9 Å². The molecular formula is C14H23BF7N3O4. The second-order valence-corrected chi connectivity index (χ2v) is 6.02. The molecule has 0 aliphatic rings. The van der Waals surface area contributed by atoms with Gasteiger partial charge in [-0.05, 0) is 12.3 Å². The second-order valence-electron chi connectivity index (χ2n) is 6.02. The fraction of sp³-hybridized carbons (Fsp3) is 0.643. The van der Waals surface area contributed by atoms with Gasteiger partial charge >= 0.3 is 25.4 Å². The number of ether oxygens (including phenoxy) is 1. The summed E-state index contributed by atoms with van der Waals surface area (Å²) in [6.45, 7) is 5.08. The van der Waals surface area contributed by atoms with Crippen molar-refractivity contribution in [1.29, 1.82) is 0 Å². The summed E-state index contributed by atoms with van der Waals surface area (Å²) >= 11 is 0. The van der Waals surface area contributed by atoms with Crippen LogP contribution in [0.3, 0.4) is 0 Å². The molecule has 15 heteroatoms. The molecule has 0 aromatic carbocycles. The van der Waals surface area contributed by atoms with Crippen LogP contribution in [0.2, 0.25) is 0 Å². The first-order valence-electron chi connectivity index (χ1n) is 8.04. The predicted molar refractivity (Wildman–Crippen MR) is 87.9 cm³/mol. The van der Waals surface area contributed by atoms with E-state index in [0.29, 0.717) is 25.5 Å². The van der Waals surface area contributed by atoms with E-state index in [4.69, 9.17) is 20.4 Å². The van der Waals surface area contributed by atoms with E-state index in [2.05, 4.69) is 0 Å². The monoisotopic (exact) mass is 441 g/mol. The highest BCUT2D eigenvalue weighted by Gasteiger charge is 2.38. The third-order valence-electron chi connectivity index (χ3n) is 2.69. The lowest BCUT2D eigenvalue weighted by molar-refractivity contribution is -0.671. The van der Waals surface area contributed by atoms with Crippen LogP contribution in [-0.4, -0.2) is 47.7 Å². The van der Waals surface area contributed by atoms with Gasteiger partial charge in [-0.25, -0.2) is 13.9 Å². The lowest BCUT2D eigenvalue weighted by Crippen LogP contribution is -2.34. The molecule has 1 atom stereocenters. The van der Waals surface area contributed by atoms with Crippen LogP contribution in [0.25, 0.3) is 0 Å². The van der Waals surface area contributed by atoms with Crippen LogP contribution in [0, 0.1) is 5.92 Å². The van der Waals surface area contributed by atoms with Crippen molar-refractivity contribution in [2.24, 2.45) is 18.7 Å². The number of carbonyl (C=O) groups is 2.